The molecule has 0 saturated heterocycles. The molecule has 196 valence electrons. The number of hydrogen-bond donors (Lipinski definition) is 6. The largest absolute Gasteiger partial charge is 0.490 e. The number of esters is 2. The van der Waals surface area contributed by atoms with E-state index < -0.39 is 110 Å². The molecule has 16 heteroatoms. The van der Waals surface area contributed by atoms with E-state index in [2.05, 4.69) is 9.47 Å². The number of alkyl halides is 6. The number of fused-ring (bicyclic) bond motifs is 2. The zero-order valence-corrected chi connectivity index (χ0v) is 16.9. The molecule has 3 aliphatic rings. The first-order valence-electron chi connectivity index (χ1n) is 10.1. The second-order valence-corrected chi connectivity index (χ2v) is 8.78. The summed E-state index contributed by atoms with van der Waals surface area (Å²) < 4.78 is 84.4. The van der Waals surface area contributed by atoms with Crippen molar-refractivity contribution >= 4 is 11.9 Å². The summed E-state index contributed by atoms with van der Waals surface area (Å²) in [5.74, 6) is -11.4. The van der Waals surface area contributed by atoms with Gasteiger partial charge in [0.1, 0.15) is 24.4 Å². The predicted octanol–water partition coefficient (Wildman–Crippen LogP) is -1.61. The molecule has 3 fully saturated rings. The maximum absolute atomic E-state index is 12.7. The topological polar surface area (TPSA) is 174 Å². The van der Waals surface area contributed by atoms with E-state index in [0.29, 0.717) is 0 Å². The lowest BCUT2D eigenvalue weighted by Crippen LogP contribution is -2.69. The summed E-state index contributed by atoms with van der Waals surface area (Å²) >= 11 is 0. The van der Waals surface area contributed by atoms with Crippen LogP contribution in [0.5, 0.6) is 0 Å². The van der Waals surface area contributed by atoms with Crippen LogP contribution in [-0.4, -0.2) is 104 Å². The van der Waals surface area contributed by atoms with Crippen molar-refractivity contribution in [2.24, 2.45) is 23.7 Å². The fraction of sp³-hybridized carbons (Fsp3) is 0.889. The second-order valence-electron chi connectivity index (χ2n) is 8.78. The molecule has 8 unspecified atom stereocenters. The van der Waals surface area contributed by atoms with Crippen molar-refractivity contribution in [3.8, 4) is 0 Å². The summed E-state index contributed by atoms with van der Waals surface area (Å²) in [6, 6.07) is 0. The van der Waals surface area contributed by atoms with Crippen LogP contribution in [0, 0.1) is 23.7 Å². The second kappa shape index (κ2) is 9.05. The van der Waals surface area contributed by atoms with E-state index in [-0.39, 0.29) is 0 Å². The van der Waals surface area contributed by atoms with Gasteiger partial charge in [-0.25, -0.2) is 9.59 Å². The monoisotopic (exact) mass is 512 g/mol. The number of ether oxygens (including phenoxy) is 2. The SMILES string of the molecule is O=C(OC1CC2C([C@H](O)C1O)[C@@H](O)C1CC(O)C(O)[C@@H](OC(=O)C(F)(F)F)C1[C@H]2O)C(F)(F)F. The number of halogens is 6. The predicted molar refractivity (Wildman–Crippen MR) is 91.1 cm³/mol. The number of aliphatic hydroxyl groups excluding tert-OH is 6. The molecule has 0 heterocycles. The molecule has 0 aromatic rings. The van der Waals surface area contributed by atoms with Crippen molar-refractivity contribution in [3.63, 3.8) is 0 Å². The third-order valence-corrected chi connectivity index (χ3v) is 6.87. The Morgan fingerprint density at radius 3 is 1.62 bits per heavy atom. The Bertz CT molecular complexity index is 790. The van der Waals surface area contributed by atoms with Gasteiger partial charge in [0.15, 0.2) is 0 Å². The molecule has 0 spiro atoms. The standard InChI is InChI=1S/C18H22F6O10/c19-17(20,21)15(31)33-6-2-4-7(13(30)12(6)29)9(26)3-1-5(25)11(28)14(8(3)10(4)27)34-16(32)18(22,23)24/h3-14,25-30H,1-2H2/t3?,4?,5?,6?,7?,8?,9-,10-,11?,12?,13-,14-/m0/s1. The van der Waals surface area contributed by atoms with Crippen LogP contribution in [0.1, 0.15) is 12.8 Å². The Hall–Kier alpha value is -1.72. The van der Waals surface area contributed by atoms with Gasteiger partial charge in [-0.15, -0.1) is 0 Å². The van der Waals surface area contributed by atoms with Crippen LogP contribution in [0.25, 0.3) is 0 Å². The minimum absolute atomic E-state index is 0.511. The molecule has 34 heavy (non-hydrogen) atoms. The van der Waals surface area contributed by atoms with Gasteiger partial charge in [-0.3, -0.25) is 0 Å². The van der Waals surface area contributed by atoms with Gasteiger partial charge in [-0.2, -0.15) is 26.3 Å². The summed E-state index contributed by atoms with van der Waals surface area (Å²) in [6.07, 6.45) is -28.2. The summed E-state index contributed by atoms with van der Waals surface area (Å²) in [7, 11) is 0. The number of carbonyl (C=O) groups excluding carboxylic acids is 2. The molecule has 0 aliphatic heterocycles. The van der Waals surface area contributed by atoms with E-state index in [4.69, 9.17) is 0 Å². The highest BCUT2D eigenvalue weighted by atomic mass is 19.4. The molecule has 3 aliphatic carbocycles. The van der Waals surface area contributed by atoms with Crippen LogP contribution in [0.4, 0.5) is 26.3 Å². The van der Waals surface area contributed by atoms with Gasteiger partial charge in [0.2, 0.25) is 0 Å². The van der Waals surface area contributed by atoms with E-state index in [1.165, 1.54) is 0 Å². The molecule has 0 bridgehead atoms. The fourth-order valence-electron chi connectivity index (χ4n) is 5.40. The molecule has 10 nitrogen and oxygen atoms in total. The first-order valence-corrected chi connectivity index (χ1v) is 10.1. The molecule has 0 amide bonds. The quantitative estimate of drug-likeness (QED) is 0.187. The van der Waals surface area contributed by atoms with E-state index in [0.717, 1.165) is 0 Å². The highest BCUT2D eigenvalue weighted by Crippen LogP contribution is 2.52. The number of carbonyl (C=O) groups is 2. The normalized spacial score (nSPS) is 45.1. The first kappa shape index (κ1) is 26.9. The Balaban J connectivity index is 1.92. The summed E-state index contributed by atoms with van der Waals surface area (Å²) in [4.78, 5) is 22.6. The maximum Gasteiger partial charge on any atom is 0.490 e. The van der Waals surface area contributed by atoms with E-state index in [9.17, 15) is 66.6 Å². The lowest BCUT2D eigenvalue weighted by atomic mass is 9.54. The van der Waals surface area contributed by atoms with E-state index in [1.54, 1.807) is 0 Å². The van der Waals surface area contributed by atoms with Gasteiger partial charge in [0.05, 0.1) is 24.4 Å². The fourth-order valence-corrected chi connectivity index (χ4v) is 5.40. The first-order chi connectivity index (χ1) is 15.5. The summed E-state index contributed by atoms with van der Waals surface area (Å²) in [5.41, 5.74) is 0. The third-order valence-electron chi connectivity index (χ3n) is 6.87. The molecule has 0 aromatic heterocycles. The maximum atomic E-state index is 12.7. The Morgan fingerprint density at radius 2 is 1.09 bits per heavy atom. The highest BCUT2D eigenvalue weighted by Gasteiger charge is 2.63. The smallest absolute Gasteiger partial charge is 0.453 e. The van der Waals surface area contributed by atoms with Crippen LogP contribution in [0.15, 0.2) is 0 Å². The van der Waals surface area contributed by atoms with Crippen molar-refractivity contribution in [3.05, 3.63) is 0 Å². The Labute approximate surface area is 186 Å². The number of aliphatic hydroxyl groups is 6. The van der Waals surface area contributed by atoms with E-state index in [1.807, 2.05) is 0 Å². The summed E-state index contributed by atoms with van der Waals surface area (Å²) in [5, 5.41) is 62.5. The van der Waals surface area contributed by atoms with Crippen LogP contribution in [0.2, 0.25) is 0 Å². The van der Waals surface area contributed by atoms with Crippen molar-refractivity contribution in [1.29, 1.82) is 0 Å². The van der Waals surface area contributed by atoms with Gasteiger partial charge in [0, 0.05) is 11.8 Å². The lowest BCUT2D eigenvalue weighted by Gasteiger charge is -2.57. The molecule has 3 saturated carbocycles. The van der Waals surface area contributed by atoms with Crippen LogP contribution < -0.4 is 0 Å². The van der Waals surface area contributed by atoms with Crippen LogP contribution in [0.3, 0.4) is 0 Å². The summed E-state index contributed by atoms with van der Waals surface area (Å²) in [6.45, 7) is 0. The third kappa shape index (κ3) is 4.70. The minimum Gasteiger partial charge on any atom is -0.453 e. The molecule has 3 rings (SSSR count). The van der Waals surface area contributed by atoms with Crippen molar-refractivity contribution in [2.45, 2.75) is 74.0 Å². The van der Waals surface area contributed by atoms with Crippen LogP contribution in [-0.2, 0) is 19.1 Å². The lowest BCUT2D eigenvalue weighted by molar-refractivity contribution is -0.270. The average molecular weight is 512 g/mol. The van der Waals surface area contributed by atoms with Gasteiger partial charge < -0.3 is 40.1 Å². The molecule has 6 N–H and O–H groups in total. The van der Waals surface area contributed by atoms with Crippen molar-refractivity contribution in [2.75, 3.05) is 0 Å². The Kier molecular flexibility index (Phi) is 7.16. The van der Waals surface area contributed by atoms with Gasteiger partial charge in [-0.05, 0) is 24.7 Å². The molecular formula is C18H22F6O10. The zero-order chi connectivity index (χ0) is 25.9. The van der Waals surface area contributed by atoms with Crippen LogP contribution >= 0.6 is 0 Å². The van der Waals surface area contributed by atoms with Gasteiger partial charge >= 0.3 is 24.3 Å². The molecule has 0 aromatic carbocycles. The van der Waals surface area contributed by atoms with Gasteiger partial charge in [0.25, 0.3) is 0 Å². The molecule has 12 atom stereocenters. The Morgan fingerprint density at radius 1 is 0.618 bits per heavy atom. The number of rotatable bonds is 2. The molecule has 0 radical (unpaired) electrons. The van der Waals surface area contributed by atoms with Crippen molar-refractivity contribution < 1.29 is 76.0 Å². The average Bonchev–Trinajstić information content (AvgIpc) is 2.71. The van der Waals surface area contributed by atoms with Gasteiger partial charge in [-0.1, -0.05) is 0 Å². The number of hydrogen-bond acceptors (Lipinski definition) is 10. The minimum atomic E-state index is -5.51. The molecular weight excluding hydrogens is 490 g/mol. The highest BCUT2D eigenvalue weighted by molar-refractivity contribution is 5.76. The van der Waals surface area contributed by atoms with E-state index >= 15 is 0 Å². The zero-order valence-electron chi connectivity index (χ0n) is 16.9. The van der Waals surface area contributed by atoms with Crippen molar-refractivity contribution in [1.82, 2.24) is 0 Å².